The van der Waals surface area contributed by atoms with Crippen LogP contribution in [0.3, 0.4) is 0 Å². The quantitative estimate of drug-likeness (QED) is 0.535. The number of nitrogens with zero attached hydrogens (tertiary/aromatic N) is 2. The van der Waals surface area contributed by atoms with Crippen molar-refractivity contribution in [2.45, 2.75) is 12.1 Å². The number of nitrogens with one attached hydrogen (secondary N) is 2. The number of anilines is 3. The molecule has 0 unspecified atom stereocenters. The molecule has 0 aliphatic heterocycles. The Hall–Kier alpha value is -0.790. The Kier molecular flexibility index (Phi) is 5.68. The van der Waals surface area contributed by atoms with Crippen molar-refractivity contribution in [3.05, 3.63) is 33.2 Å². The van der Waals surface area contributed by atoms with Crippen LogP contribution in [0.2, 0.25) is 0 Å². The average molecular weight is 418 g/mol. The predicted octanol–water partition coefficient (Wildman–Crippen LogP) is 4.90. The van der Waals surface area contributed by atoms with Gasteiger partial charge in [0.1, 0.15) is 11.6 Å². The Labute approximate surface area is 139 Å². The minimum atomic E-state index is 0.733. The minimum Gasteiger partial charge on any atom is -0.370 e. The van der Waals surface area contributed by atoms with Gasteiger partial charge in [-0.15, -0.1) is 0 Å². The first-order chi connectivity index (χ1) is 9.62. The summed E-state index contributed by atoms with van der Waals surface area (Å²) in [7, 11) is 0. The highest BCUT2D eigenvalue weighted by atomic mass is 79.9. The summed E-state index contributed by atoms with van der Waals surface area (Å²) in [5, 5.41) is 7.25. The summed E-state index contributed by atoms with van der Waals surface area (Å²) in [6.07, 6.45) is 1.96. The van der Waals surface area contributed by atoms with Gasteiger partial charge >= 0.3 is 0 Å². The Balaban J connectivity index is 2.32. The number of halogens is 2. The number of benzene rings is 1. The normalized spacial score (nSPS) is 10.4. The zero-order chi connectivity index (χ0) is 14.5. The van der Waals surface area contributed by atoms with E-state index in [0.29, 0.717) is 0 Å². The fourth-order valence-electron chi connectivity index (χ4n) is 1.58. The van der Waals surface area contributed by atoms with Crippen LogP contribution in [-0.4, -0.2) is 22.8 Å². The van der Waals surface area contributed by atoms with E-state index in [9.17, 15) is 0 Å². The summed E-state index contributed by atoms with van der Waals surface area (Å²) in [6.45, 7) is 2.86. The largest absolute Gasteiger partial charge is 0.370 e. The lowest BCUT2D eigenvalue weighted by Gasteiger charge is -2.11. The molecule has 0 spiro atoms. The molecule has 1 aromatic heterocycles. The van der Waals surface area contributed by atoms with Gasteiger partial charge in [-0.25, -0.2) is 9.97 Å². The second-order valence-corrected chi connectivity index (χ2v) is 6.45. The topological polar surface area (TPSA) is 49.8 Å². The number of aromatic nitrogens is 2. The second-order valence-electron chi connectivity index (χ2n) is 3.90. The lowest BCUT2D eigenvalue weighted by molar-refractivity contribution is 0.967. The fraction of sp³-hybridized carbons (Fsp3) is 0.231. The highest BCUT2D eigenvalue weighted by molar-refractivity contribution is 9.11. The van der Waals surface area contributed by atoms with E-state index in [-0.39, 0.29) is 0 Å². The van der Waals surface area contributed by atoms with Gasteiger partial charge < -0.3 is 10.6 Å². The maximum atomic E-state index is 4.46. The third-order valence-electron chi connectivity index (χ3n) is 2.44. The van der Waals surface area contributed by atoms with Crippen molar-refractivity contribution in [2.24, 2.45) is 0 Å². The van der Waals surface area contributed by atoms with Gasteiger partial charge in [0.05, 0.1) is 5.69 Å². The van der Waals surface area contributed by atoms with E-state index < -0.39 is 0 Å². The highest BCUT2D eigenvalue weighted by Gasteiger charge is 2.06. The number of hydrogen-bond donors (Lipinski definition) is 2. The van der Waals surface area contributed by atoms with Crippen LogP contribution in [-0.2, 0) is 0 Å². The van der Waals surface area contributed by atoms with Crippen molar-refractivity contribution in [3.8, 4) is 0 Å². The van der Waals surface area contributed by atoms with Crippen LogP contribution in [0.25, 0.3) is 0 Å². The summed E-state index contributed by atoms with van der Waals surface area (Å²) < 4.78 is 1.99. The standard InChI is InChI=1S/C13H14Br2N4S/c1-3-16-11-7-12(19-13(18-11)20-2)17-10-6-8(14)4-5-9(10)15/h4-7H,3H2,1-2H3,(H2,16,17,18,19). The van der Waals surface area contributed by atoms with Crippen molar-refractivity contribution in [1.29, 1.82) is 0 Å². The van der Waals surface area contributed by atoms with E-state index in [4.69, 9.17) is 0 Å². The van der Waals surface area contributed by atoms with Crippen LogP contribution in [0, 0.1) is 0 Å². The van der Waals surface area contributed by atoms with Crippen LogP contribution in [0.1, 0.15) is 6.92 Å². The molecule has 0 aliphatic carbocycles. The number of thioether (sulfide) groups is 1. The molecule has 2 aromatic rings. The fourth-order valence-corrected chi connectivity index (χ4v) is 2.67. The van der Waals surface area contributed by atoms with Gasteiger partial charge in [0.25, 0.3) is 0 Å². The van der Waals surface area contributed by atoms with Gasteiger partial charge in [-0.3, -0.25) is 0 Å². The summed E-state index contributed by atoms with van der Waals surface area (Å²) >= 11 is 8.51. The minimum absolute atomic E-state index is 0.733. The van der Waals surface area contributed by atoms with Crippen molar-refractivity contribution >= 4 is 60.9 Å². The Morgan fingerprint density at radius 3 is 2.60 bits per heavy atom. The Bertz CT molecular complexity index is 607. The first-order valence-corrected chi connectivity index (χ1v) is 8.82. The Morgan fingerprint density at radius 1 is 1.15 bits per heavy atom. The molecule has 0 aliphatic rings. The van der Waals surface area contributed by atoms with Crippen LogP contribution >= 0.6 is 43.6 Å². The van der Waals surface area contributed by atoms with E-state index in [0.717, 1.165) is 38.0 Å². The molecule has 0 radical (unpaired) electrons. The molecule has 0 atom stereocenters. The molecule has 0 fully saturated rings. The highest BCUT2D eigenvalue weighted by Crippen LogP contribution is 2.29. The number of hydrogen-bond acceptors (Lipinski definition) is 5. The molecule has 1 aromatic carbocycles. The third kappa shape index (κ3) is 4.10. The smallest absolute Gasteiger partial charge is 0.191 e. The first-order valence-electron chi connectivity index (χ1n) is 6.01. The van der Waals surface area contributed by atoms with E-state index in [1.54, 1.807) is 0 Å². The molecule has 1 heterocycles. The molecule has 20 heavy (non-hydrogen) atoms. The zero-order valence-corrected chi connectivity index (χ0v) is 15.1. The van der Waals surface area contributed by atoms with E-state index in [1.165, 1.54) is 11.8 Å². The molecule has 7 heteroatoms. The van der Waals surface area contributed by atoms with Crippen LogP contribution in [0.4, 0.5) is 17.3 Å². The van der Waals surface area contributed by atoms with Gasteiger partial charge in [-0.05, 0) is 47.3 Å². The van der Waals surface area contributed by atoms with Crippen LogP contribution < -0.4 is 10.6 Å². The molecule has 106 valence electrons. The molecular weight excluding hydrogens is 404 g/mol. The molecule has 0 saturated carbocycles. The Morgan fingerprint density at radius 2 is 1.90 bits per heavy atom. The monoisotopic (exact) mass is 416 g/mol. The SMILES string of the molecule is CCNc1cc(Nc2cc(Br)ccc2Br)nc(SC)n1. The molecule has 0 bridgehead atoms. The van der Waals surface area contributed by atoms with E-state index in [2.05, 4.69) is 52.5 Å². The molecule has 4 nitrogen and oxygen atoms in total. The van der Waals surface area contributed by atoms with E-state index in [1.807, 2.05) is 37.4 Å². The van der Waals surface area contributed by atoms with Crippen molar-refractivity contribution in [1.82, 2.24) is 9.97 Å². The predicted molar refractivity (Wildman–Crippen MR) is 93.1 cm³/mol. The maximum absolute atomic E-state index is 4.46. The summed E-state index contributed by atoms with van der Waals surface area (Å²) in [6, 6.07) is 7.86. The third-order valence-corrected chi connectivity index (χ3v) is 4.17. The van der Waals surface area contributed by atoms with Gasteiger partial charge in [0, 0.05) is 21.6 Å². The van der Waals surface area contributed by atoms with Crippen LogP contribution in [0.15, 0.2) is 38.4 Å². The molecular formula is C13H14Br2N4S. The lowest BCUT2D eigenvalue weighted by Crippen LogP contribution is -2.03. The first kappa shape index (κ1) is 15.6. The molecule has 2 N–H and O–H groups in total. The van der Waals surface area contributed by atoms with Gasteiger partial charge in [0.15, 0.2) is 5.16 Å². The van der Waals surface area contributed by atoms with Crippen molar-refractivity contribution < 1.29 is 0 Å². The van der Waals surface area contributed by atoms with Gasteiger partial charge in [-0.1, -0.05) is 27.7 Å². The van der Waals surface area contributed by atoms with Crippen molar-refractivity contribution in [3.63, 3.8) is 0 Å². The molecule has 0 saturated heterocycles. The molecule has 2 rings (SSSR count). The van der Waals surface area contributed by atoms with Crippen LogP contribution in [0.5, 0.6) is 0 Å². The zero-order valence-electron chi connectivity index (χ0n) is 11.1. The van der Waals surface area contributed by atoms with Gasteiger partial charge in [0.2, 0.25) is 0 Å². The second kappa shape index (κ2) is 7.28. The van der Waals surface area contributed by atoms with Crippen molar-refractivity contribution in [2.75, 3.05) is 23.4 Å². The molecule has 0 amide bonds. The average Bonchev–Trinajstić information content (AvgIpc) is 2.43. The maximum Gasteiger partial charge on any atom is 0.191 e. The number of rotatable bonds is 5. The summed E-state index contributed by atoms with van der Waals surface area (Å²) in [4.78, 5) is 8.87. The lowest BCUT2D eigenvalue weighted by atomic mass is 10.3. The summed E-state index contributed by atoms with van der Waals surface area (Å²) in [5.74, 6) is 1.58. The van der Waals surface area contributed by atoms with E-state index >= 15 is 0 Å². The van der Waals surface area contributed by atoms with Gasteiger partial charge in [-0.2, -0.15) is 0 Å². The summed E-state index contributed by atoms with van der Waals surface area (Å²) in [5.41, 5.74) is 0.951.